The van der Waals surface area contributed by atoms with E-state index in [1.807, 2.05) is 12.1 Å². The number of anilines is 1. The summed E-state index contributed by atoms with van der Waals surface area (Å²) >= 11 is 0. The van der Waals surface area contributed by atoms with Crippen molar-refractivity contribution in [3.63, 3.8) is 0 Å². The first-order valence-corrected chi connectivity index (χ1v) is 4.95. The molecule has 0 amide bonds. The molecule has 0 radical (unpaired) electrons. The third kappa shape index (κ3) is 3.31. The Morgan fingerprint density at radius 2 is 2.25 bits per heavy atom. The summed E-state index contributed by atoms with van der Waals surface area (Å²) in [5.74, 6) is -0.320. The minimum absolute atomic E-state index is 0.176. The van der Waals surface area contributed by atoms with Crippen molar-refractivity contribution in [2.24, 2.45) is 0 Å². The standard InChI is InChI=1S/C12H15NO3/c1-3-16-11(12(14)15-2)8-9-5-4-6-10(13)7-9/h4-8H,3,13H2,1-2H3/b11-8+. The van der Waals surface area contributed by atoms with Gasteiger partial charge in [-0.1, -0.05) is 12.1 Å². The Morgan fingerprint density at radius 3 is 2.81 bits per heavy atom. The minimum atomic E-state index is -0.496. The lowest BCUT2D eigenvalue weighted by atomic mass is 10.2. The third-order valence-corrected chi connectivity index (χ3v) is 1.89. The molecule has 4 heteroatoms. The van der Waals surface area contributed by atoms with Crippen molar-refractivity contribution in [1.82, 2.24) is 0 Å². The average Bonchev–Trinajstić information content (AvgIpc) is 2.27. The number of rotatable bonds is 4. The van der Waals surface area contributed by atoms with Crippen LogP contribution in [0.5, 0.6) is 0 Å². The quantitative estimate of drug-likeness (QED) is 0.364. The lowest BCUT2D eigenvalue weighted by Gasteiger charge is -2.06. The molecule has 0 saturated heterocycles. The summed E-state index contributed by atoms with van der Waals surface area (Å²) in [6.07, 6.45) is 1.60. The van der Waals surface area contributed by atoms with Crippen molar-refractivity contribution in [3.05, 3.63) is 35.6 Å². The molecule has 0 saturated carbocycles. The molecule has 0 aliphatic rings. The molecule has 1 aromatic rings. The van der Waals surface area contributed by atoms with Crippen LogP contribution < -0.4 is 5.73 Å². The van der Waals surface area contributed by atoms with Crippen molar-refractivity contribution < 1.29 is 14.3 Å². The van der Waals surface area contributed by atoms with Gasteiger partial charge < -0.3 is 15.2 Å². The van der Waals surface area contributed by atoms with Crippen molar-refractivity contribution in [2.75, 3.05) is 19.5 Å². The molecule has 1 aromatic carbocycles. The van der Waals surface area contributed by atoms with Gasteiger partial charge in [0.1, 0.15) is 0 Å². The highest BCUT2D eigenvalue weighted by molar-refractivity contribution is 5.91. The molecule has 86 valence electrons. The van der Waals surface area contributed by atoms with Crippen LogP contribution in [-0.2, 0) is 14.3 Å². The van der Waals surface area contributed by atoms with Gasteiger partial charge in [-0.2, -0.15) is 0 Å². The predicted molar refractivity (Wildman–Crippen MR) is 62.5 cm³/mol. The molecule has 0 fully saturated rings. The molecule has 2 N–H and O–H groups in total. The highest BCUT2D eigenvalue weighted by Gasteiger charge is 2.10. The van der Waals surface area contributed by atoms with E-state index in [1.54, 1.807) is 25.1 Å². The van der Waals surface area contributed by atoms with Crippen LogP contribution in [0.1, 0.15) is 12.5 Å². The second-order valence-electron chi connectivity index (χ2n) is 3.10. The van der Waals surface area contributed by atoms with E-state index in [0.717, 1.165) is 5.56 Å². The Kier molecular flexibility index (Phi) is 4.39. The van der Waals surface area contributed by atoms with Crippen LogP contribution in [0, 0.1) is 0 Å². The molecule has 1 rings (SSSR count). The van der Waals surface area contributed by atoms with Gasteiger partial charge in [0.2, 0.25) is 5.76 Å². The van der Waals surface area contributed by atoms with E-state index >= 15 is 0 Å². The second kappa shape index (κ2) is 5.80. The van der Waals surface area contributed by atoms with E-state index in [4.69, 9.17) is 10.5 Å². The summed E-state index contributed by atoms with van der Waals surface area (Å²) < 4.78 is 9.79. The van der Waals surface area contributed by atoms with Gasteiger partial charge in [-0.3, -0.25) is 0 Å². The first kappa shape index (κ1) is 12.1. The van der Waals surface area contributed by atoms with Gasteiger partial charge in [0.15, 0.2) is 0 Å². The van der Waals surface area contributed by atoms with Crippen LogP contribution in [-0.4, -0.2) is 19.7 Å². The summed E-state index contributed by atoms with van der Waals surface area (Å²) in [7, 11) is 1.31. The van der Waals surface area contributed by atoms with Crippen molar-refractivity contribution in [2.45, 2.75) is 6.92 Å². The molecule has 0 aliphatic carbocycles. The van der Waals surface area contributed by atoms with Crippen LogP contribution in [0.3, 0.4) is 0 Å². The third-order valence-electron chi connectivity index (χ3n) is 1.89. The van der Waals surface area contributed by atoms with Gasteiger partial charge in [0.05, 0.1) is 13.7 Å². The van der Waals surface area contributed by atoms with Crippen LogP contribution in [0.2, 0.25) is 0 Å². The van der Waals surface area contributed by atoms with Gasteiger partial charge in [0, 0.05) is 5.69 Å². The van der Waals surface area contributed by atoms with Gasteiger partial charge in [0.25, 0.3) is 0 Å². The predicted octanol–water partition coefficient (Wildman–Crippen LogP) is 1.82. The molecule has 0 atom stereocenters. The Hall–Kier alpha value is -1.97. The van der Waals surface area contributed by atoms with E-state index < -0.39 is 5.97 Å². The van der Waals surface area contributed by atoms with E-state index in [-0.39, 0.29) is 5.76 Å². The van der Waals surface area contributed by atoms with Crippen molar-refractivity contribution >= 4 is 17.7 Å². The SMILES string of the molecule is CCO/C(=C/c1cccc(N)c1)C(=O)OC. The van der Waals surface area contributed by atoms with Gasteiger partial charge >= 0.3 is 5.97 Å². The fraction of sp³-hybridized carbons (Fsp3) is 0.250. The zero-order valence-electron chi connectivity index (χ0n) is 9.40. The van der Waals surface area contributed by atoms with Crippen LogP contribution in [0.4, 0.5) is 5.69 Å². The fourth-order valence-electron chi connectivity index (χ4n) is 1.22. The normalized spacial score (nSPS) is 11.0. The first-order valence-electron chi connectivity index (χ1n) is 4.95. The Balaban J connectivity index is 2.97. The highest BCUT2D eigenvalue weighted by Crippen LogP contribution is 2.12. The van der Waals surface area contributed by atoms with E-state index in [2.05, 4.69) is 4.74 Å². The summed E-state index contributed by atoms with van der Waals surface area (Å²) in [4.78, 5) is 11.3. The summed E-state index contributed by atoms with van der Waals surface area (Å²) in [5, 5.41) is 0. The van der Waals surface area contributed by atoms with E-state index in [9.17, 15) is 4.79 Å². The van der Waals surface area contributed by atoms with Crippen LogP contribution in [0.25, 0.3) is 6.08 Å². The van der Waals surface area contributed by atoms with Gasteiger partial charge in [-0.05, 0) is 30.7 Å². The number of ether oxygens (including phenoxy) is 2. The number of methoxy groups -OCH3 is 1. The molecule has 0 aromatic heterocycles. The van der Waals surface area contributed by atoms with Crippen molar-refractivity contribution in [3.8, 4) is 0 Å². The largest absolute Gasteiger partial charge is 0.487 e. The zero-order valence-corrected chi connectivity index (χ0v) is 9.40. The molecule has 4 nitrogen and oxygen atoms in total. The van der Waals surface area contributed by atoms with E-state index in [0.29, 0.717) is 12.3 Å². The van der Waals surface area contributed by atoms with Gasteiger partial charge in [-0.15, -0.1) is 0 Å². The number of hydrogen-bond donors (Lipinski definition) is 1. The lowest BCUT2D eigenvalue weighted by Crippen LogP contribution is -2.08. The lowest BCUT2D eigenvalue weighted by molar-refractivity contribution is -0.139. The Morgan fingerprint density at radius 1 is 1.50 bits per heavy atom. The number of benzene rings is 1. The number of nitrogen functional groups attached to an aromatic ring is 1. The maximum absolute atomic E-state index is 11.3. The number of carbonyl (C=O) groups excluding carboxylic acids is 1. The molecule has 0 bridgehead atoms. The molecular formula is C12H15NO3. The molecule has 0 unspecified atom stereocenters. The van der Waals surface area contributed by atoms with Crippen LogP contribution >= 0.6 is 0 Å². The average molecular weight is 221 g/mol. The van der Waals surface area contributed by atoms with Crippen molar-refractivity contribution in [1.29, 1.82) is 0 Å². The fourth-order valence-corrected chi connectivity index (χ4v) is 1.22. The maximum Gasteiger partial charge on any atom is 0.373 e. The second-order valence-corrected chi connectivity index (χ2v) is 3.10. The maximum atomic E-state index is 11.3. The van der Waals surface area contributed by atoms with Gasteiger partial charge in [-0.25, -0.2) is 4.79 Å². The molecule has 0 spiro atoms. The molecule has 16 heavy (non-hydrogen) atoms. The number of esters is 1. The van der Waals surface area contributed by atoms with Crippen LogP contribution in [0.15, 0.2) is 30.0 Å². The molecule has 0 aliphatic heterocycles. The molecular weight excluding hydrogens is 206 g/mol. The number of hydrogen-bond acceptors (Lipinski definition) is 4. The first-order chi connectivity index (χ1) is 7.67. The smallest absolute Gasteiger partial charge is 0.373 e. The zero-order chi connectivity index (χ0) is 12.0. The number of carbonyl (C=O) groups is 1. The topological polar surface area (TPSA) is 61.5 Å². The highest BCUT2D eigenvalue weighted by atomic mass is 16.6. The molecule has 0 heterocycles. The Labute approximate surface area is 94.7 Å². The van der Waals surface area contributed by atoms with E-state index in [1.165, 1.54) is 7.11 Å². The Bertz CT molecular complexity index is 399. The summed E-state index contributed by atoms with van der Waals surface area (Å²) in [5.41, 5.74) is 7.06. The monoisotopic (exact) mass is 221 g/mol. The number of nitrogens with two attached hydrogens (primary N) is 1. The minimum Gasteiger partial charge on any atom is -0.487 e. The summed E-state index contributed by atoms with van der Waals surface area (Å²) in [6, 6.07) is 7.16. The summed E-state index contributed by atoms with van der Waals surface area (Å²) in [6.45, 7) is 2.21.